The van der Waals surface area contributed by atoms with Crippen LogP contribution in [0.1, 0.15) is 26.8 Å². The van der Waals surface area contributed by atoms with E-state index in [0.29, 0.717) is 5.56 Å². The predicted molar refractivity (Wildman–Crippen MR) is 86.5 cm³/mol. The van der Waals surface area contributed by atoms with Crippen molar-refractivity contribution < 1.29 is 4.79 Å². The fourth-order valence-corrected chi connectivity index (χ4v) is 3.03. The minimum Gasteiger partial charge on any atom is -0.340 e. The van der Waals surface area contributed by atoms with E-state index < -0.39 is 0 Å². The first-order chi connectivity index (χ1) is 10.3. The van der Waals surface area contributed by atoms with Crippen molar-refractivity contribution in [1.82, 2.24) is 5.32 Å². The minimum absolute atomic E-state index is 0.0575. The van der Waals surface area contributed by atoms with Crippen LogP contribution < -0.4 is 5.32 Å². The molecule has 0 aliphatic heterocycles. The maximum atomic E-state index is 12.4. The van der Waals surface area contributed by atoms with Crippen LogP contribution in [0, 0.1) is 0 Å². The van der Waals surface area contributed by atoms with Gasteiger partial charge in [0.15, 0.2) is 0 Å². The van der Waals surface area contributed by atoms with E-state index in [9.17, 15) is 4.79 Å². The van der Waals surface area contributed by atoms with Crippen molar-refractivity contribution in [2.45, 2.75) is 6.04 Å². The van der Waals surface area contributed by atoms with Gasteiger partial charge in [-0.25, -0.2) is 0 Å². The summed E-state index contributed by atoms with van der Waals surface area (Å²) in [5.74, 6) is -0.0575. The zero-order chi connectivity index (χ0) is 14.5. The Labute approximate surface area is 128 Å². The molecule has 0 aliphatic rings. The van der Waals surface area contributed by atoms with E-state index in [1.807, 2.05) is 78.2 Å². The normalized spacial score (nSPS) is 11.8. The summed E-state index contributed by atoms with van der Waals surface area (Å²) in [6.07, 6.45) is 0. The molecule has 0 spiro atoms. The smallest absolute Gasteiger partial charge is 0.252 e. The van der Waals surface area contributed by atoms with Gasteiger partial charge >= 0.3 is 0 Å². The Morgan fingerprint density at radius 3 is 2.14 bits per heavy atom. The van der Waals surface area contributed by atoms with Crippen LogP contribution in [0.2, 0.25) is 0 Å². The van der Waals surface area contributed by atoms with E-state index in [1.54, 1.807) is 11.3 Å². The summed E-state index contributed by atoms with van der Waals surface area (Å²) in [4.78, 5) is 13.5. The van der Waals surface area contributed by atoms with Gasteiger partial charge in [-0.3, -0.25) is 4.79 Å². The summed E-state index contributed by atoms with van der Waals surface area (Å²) < 4.78 is 0. The highest BCUT2D eigenvalue weighted by Crippen LogP contribution is 2.26. The molecule has 2 aromatic carbocycles. The maximum absolute atomic E-state index is 12.4. The molecule has 1 N–H and O–H groups in total. The second kappa shape index (κ2) is 6.37. The quantitative estimate of drug-likeness (QED) is 0.765. The van der Waals surface area contributed by atoms with Gasteiger partial charge in [-0.15, -0.1) is 11.3 Å². The van der Waals surface area contributed by atoms with E-state index in [2.05, 4.69) is 5.32 Å². The largest absolute Gasteiger partial charge is 0.340 e. The Hall–Kier alpha value is -2.39. The second-order valence-corrected chi connectivity index (χ2v) is 5.68. The molecule has 1 heterocycles. The molecule has 0 fully saturated rings. The molecule has 2 nitrogen and oxygen atoms in total. The molecule has 3 rings (SSSR count). The van der Waals surface area contributed by atoms with E-state index in [-0.39, 0.29) is 11.9 Å². The Morgan fingerprint density at radius 1 is 0.857 bits per heavy atom. The topological polar surface area (TPSA) is 29.1 Å². The fraction of sp³-hybridized carbons (Fsp3) is 0.0556. The van der Waals surface area contributed by atoms with Crippen molar-refractivity contribution in [3.8, 4) is 0 Å². The lowest BCUT2D eigenvalue weighted by Crippen LogP contribution is -2.28. The van der Waals surface area contributed by atoms with Gasteiger partial charge in [0.2, 0.25) is 0 Å². The van der Waals surface area contributed by atoms with Crippen molar-refractivity contribution in [3.63, 3.8) is 0 Å². The van der Waals surface area contributed by atoms with Gasteiger partial charge < -0.3 is 5.32 Å². The molecule has 0 radical (unpaired) electrons. The Bertz CT molecular complexity index is 693. The van der Waals surface area contributed by atoms with Crippen LogP contribution in [-0.4, -0.2) is 5.91 Å². The van der Waals surface area contributed by atoms with Crippen molar-refractivity contribution in [2.24, 2.45) is 0 Å². The van der Waals surface area contributed by atoms with E-state index in [4.69, 9.17) is 0 Å². The van der Waals surface area contributed by atoms with Gasteiger partial charge in [-0.2, -0.15) is 0 Å². The van der Waals surface area contributed by atoms with E-state index >= 15 is 0 Å². The number of thiophene rings is 1. The van der Waals surface area contributed by atoms with Gasteiger partial charge in [-0.05, 0) is 29.1 Å². The molecule has 0 unspecified atom stereocenters. The molecule has 0 saturated heterocycles. The van der Waals surface area contributed by atoms with Crippen LogP contribution in [0.4, 0.5) is 0 Å². The van der Waals surface area contributed by atoms with Crippen molar-refractivity contribution in [2.75, 3.05) is 0 Å². The molecule has 0 aliphatic carbocycles. The Morgan fingerprint density at radius 2 is 1.52 bits per heavy atom. The lowest BCUT2D eigenvalue weighted by molar-refractivity contribution is 0.0943. The monoisotopic (exact) mass is 293 g/mol. The summed E-state index contributed by atoms with van der Waals surface area (Å²) in [6, 6.07) is 23.3. The summed E-state index contributed by atoms with van der Waals surface area (Å²) in [7, 11) is 0. The number of nitrogens with one attached hydrogen (secondary N) is 1. The molecule has 3 heteroatoms. The third kappa shape index (κ3) is 3.20. The lowest BCUT2D eigenvalue weighted by Gasteiger charge is -2.18. The maximum Gasteiger partial charge on any atom is 0.252 e. The van der Waals surface area contributed by atoms with Gasteiger partial charge in [0, 0.05) is 10.4 Å². The van der Waals surface area contributed by atoms with Gasteiger partial charge in [0.1, 0.15) is 0 Å². The Balaban J connectivity index is 1.89. The van der Waals surface area contributed by atoms with Crippen molar-refractivity contribution in [3.05, 3.63) is 94.2 Å². The molecule has 21 heavy (non-hydrogen) atoms. The highest BCUT2D eigenvalue weighted by Gasteiger charge is 2.18. The minimum atomic E-state index is -0.112. The number of amides is 1. The third-order valence-electron chi connectivity index (χ3n) is 3.27. The van der Waals surface area contributed by atoms with Crippen molar-refractivity contribution in [1.29, 1.82) is 0 Å². The Kier molecular flexibility index (Phi) is 4.12. The van der Waals surface area contributed by atoms with Gasteiger partial charge in [0.05, 0.1) is 6.04 Å². The average Bonchev–Trinajstić information content (AvgIpc) is 3.08. The van der Waals surface area contributed by atoms with Crippen LogP contribution in [0.25, 0.3) is 0 Å². The lowest BCUT2D eigenvalue weighted by atomic mass is 10.0. The van der Waals surface area contributed by atoms with Gasteiger partial charge in [0.25, 0.3) is 5.91 Å². The summed E-state index contributed by atoms with van der Waals surface area (Å²) in [5, 5.41) is 5.15. The number of hydrogen-bond acceptors (Lipinski definition) is 2. The first kappa shape index (κ1) is 13.6. The average molecular weight is 293 g/mol. The van der Waals surface area contributed by atoms with Crippen LogP contribution in [-0.2, 0) is 0 Å². The van der Waals surface area contributed by atoms with Gasteiger partial charge in [-0.1, -0.05) is 54.6 Å². The molecule has 1 atom stereocenters. The predicted octanol–water partition coefficient (Wildman–Crippen LogP) is 4.27. The standard InChI is InChI=1S/C18H15NOS/c20-18(15-10-5-2-6-11-15)19-17(16-12-7-13-21-16)14-8-3-1-4-9-14/h1-13,17H,(H,19,20)/t17-/m1/s1. The number of benzene rings is 2. The van der Waals surface area contributed by atoms with E-state index in [1.165, 1.54) is 0 Å². The SMILES string of the molecule is O=C(N[C@H](c1ccccc1)c1cccs1)c1ccccc1. The molecule has 1 amide bonds. The summed E-state index contributed by atoms with van der Waals surface area (Å²) >= 11 is 1.65. The fourth-order valence-electron chi connectivity index (χ4n) is 2.22. The van der Waals surface area contributed by atoms with Crippen LogP contribution in [0.5, 0.6) is 0 Å². The summed E-state index contributed by atoms with van der Waals surface area (Å²) in [6.45, 7) is 0. The molecule has 0 bridgehead atoms. The number of hydrogen-bond donors (Lipinski definition) is 1. The molecular formula is C18H15NOS. The zero-order valence-electron chi connectivity index (χ0n) is 11.4. The highest BCUT2D eigenvalue weighted by molar-refractivity contribution is 7.10. The second-order valence-electron chi connectivity index (χ2n) is 4.70. The number of carbonyl (C=O) groups excluding carboxylic acids is 1. The highest BCUT2D eigenvalue weighted by atomic mass is 32.1. The third-order valence-corrected chi connectivity index (χ3v) is 4.21. The number of rotatable bonds is 4. The first-order valence-electron chi connectivity index (χ1n) is 6.79. The summed E-state index contributed by atoms with van der Waals surface area (Å²) in [5.41, 5.74) is 1.76. The van der Waals surface area contributed by atoms with E-state index in [0.717, 1.165) is 10.4 Å². The van der Waals surface area contributed by atoms with Crippen LogP contribution in [0.15, 0.2) is 78.2 Å². The molecule has 3 aromatic rings. The molecule has 1 aromatic heterocycles. The molecule has 104 valence electrons. The van der Waals surface area contributed by atoms with Crippen LogP contribution >= 0.6 is 11.3 Å². The number of carbonyl (C=O) groups is 1. The molecular weight excluding hydrogens is 278 g/mol. The molecule has 0 saturated carbocycles. The first-order valence-corrected chi connectivity index (χ1v) is 7.67. The zero-order valence-corrected chi connectivity index (χ0v) is 12.2. The van der Waals surface area contributed by atoms with Crippen molar-refractivity contribution >= 4 is 17.2 Å². The van der Waals surface area contributed by atoms with Crippen LogP contribution in [0.3, 0.4) is 0 Å².